The summed E-state index contributed by atoms with van der Waals surface area (Å²) in [7, 11) is 0. The highest BCUT2D eigenvalue weighted by Gasteiger charge is 2.23. The molecule has 0 amide bonds. The average molecular weight is 283 g/mol. The number of morpholine rings is 1. The number of aryl methyl sites for hydroxylation is 1. The van der Waals surface area contributed by atoms with Crippen LogP contribution >= 0.6 is 11.3 Å². The maximum absolute atomic E-state index is 5.37. The molecule has 5 heteroatoms. The smallest absolute Gasteiger partial charge is 0.0985 e. The minimum absolute atomic E-state index is 0.131. The summed E-state index contributed by atoms with van der Waals surface area (Å²) < 4.78 is 5.37. The predicted octanol–water partition coefficient (Wildman–Crippen LogP) is 2.65. The van der Waals surface area contributed by atoms with Gasteiger partial charge in [-0.25, -0.2) is 15.4 Å². The number of rotatable bonds is 3. The summed E-state index contributed by atoms with van der Waals surface area (Å²) >= 11 is 1.83. The van der Waals surface area contributed by atoms with Crippen LogP contribution in [0, 0.1) is 6.92 Å². The molecular formula is C14H25N3OS. The van der Waals surface area contributed by atoms with E-state index in [-0.39, 0.29) is 5.41 Å². The van der Waals surface area contributed by atoms with E-state index in [1.807, 2.05) is 11.3 Å². The lowest BCUT2D eigenvalue weighted by Gasteiger charge is -2.30. The highest BCUT2D eigenvalue weighted by atomic mass is 32.1. The third kappa shape index (κ3) is 3.75. The normalized spacial score (nSPS) is 19.6. The van der Waals surface area contributed by atoms with E-state index in [2.05, 4.69) is 45.1 Å². The fraction of sp³-hybridized carbons (Fsp3) is 0.786. The molecule has 1 aliphatic heterocycles. The lowest BCUT2D eigenvalue weighted by molar-refractivity contribution is 0.00506. The minimum Gasteiger partial charge on any atom is -0.379 e. The van der Waals surface area contributed by atoms with Crippen molar-refractivity contribution in [3.8, 4) is 0 Å². The van der Waals surface area contributed by atoms with Gasteiger partial charge in [0.2, 0.25) is 0 Å². The molecule has 0 aliphatic carbocycles. The average Bonchev–Trinajstić information content (AvgIpc) is 2.72. The molecule has 2 rings (SSSR count). The van der Waals surface area contributed by atoms with Crippen LogP contribution in [0.2, 0.25) is 0 Å². The number of ether oxygens (including phenoxy) is 1. The molecule has 1 aromatic rings. The predicted molar refractivity (Wildman–Crippen MR) is 79.5 cm³/mol. The van der Waals surface area contributed by atoms with E-state index in [0.29, 0.717) is 6.04 Å². The lowest BCUT2D eigenvalue weighted by atomic mass is 9.98. The first kappa shape index (κ1) is 14.9. The van der Waals surface area contributed by atoms with Crippen LogP contribution in [-0.2, 0) is 10.2 Å². The first-order valence-corrected chi connectivity index (χ1v) is 7.76. The largest absolute Gasteiger partial charge is 0.379 e. The van der Waals surface area contributed by atoms with E-state index < -0.39 is 0 Å². The Morgan fingerprint density at radius 2 is 1.95 bits per heavy atom. The van der Waals surface area contributed by atoms with Crippen molar-refractivity contribution in [2.75, 3.05) is 26.3 Å². The summed E-state index contributed by atoms with van der Waals surface area (Å²) in [5.41, 5.74) is 4.85. The third-order valence-corrected chi connectivity index (χ3v) is 5.02. The summed E-state index contributed by atoms with van der Waals surface area (Å²) in [6.07, 6.45) is 0. The first-order chi connectivity index (χ1) is 8.88. The molecule has 0 bridgehead atoms. The Bertz CT molecular complexity index is 419. The number of nitrogens with zero attached hydrogens (tertiary/aromatic N) is 2. The zero-order valence-corrected chi connectivity index (χ0v) is 13.4. The number of hydrazine groups is 1. The molecule has 108 valence electrons. The first-order valence-electron chi connectivity index (χ1n) is 6.94. The second-order valence-corrected chi connectivity index (χ2v) is 7.20. The van der Waals surface area contributed by atoms with Crippen LogP contribution in [-0.4, -0.2) is 36.3 Å². The van der Waals surface area contributed by atoms with Gasteiger partial charge in [-0.3, -0.25) is 0 Å². The number of aromatic nitrogens is 1. The summed E-state index contributed by atoms with van der Waals surface area (Å²) in [4.78, 5) is 6.08. The van der Waals surface area contributed by atoms with Crippen LogP contribution < -0.4 is 5.43 Å². The van der Waals surface area contributed by atoms with Crippen molar-refractivity contribution in [3.05, 3.63) is 15.6 Å². The van der Waals surface area contributed by atoms with Crippen LogP contribution in [0.25, 0.3) is 0 Å². The fourth-order valence-corrected chi connectivity index (χ4v) is 3.28. The highest BCUT2D eigenvalue weighted by molar-refractivity contribution is 7.12. The van der Waals surface area contributed by atoms with Crippen molar-refractivity contribution in [2.45, 2.75) is 46.1 Å². The molecule has 1 aliphatic rings. The molecule has 1 atom stereocenters. The van der Waals surface area contributed by atoms with Gasteiger partial charge in [0, 0.05) is 23.4 Å². The zero-order valence-electron chi connectivity index (χ0n) is 12.6. The molecule has 1 aromatic heterocycles. The molecule has 1 unspecified atom stereocenters. The Kier molecular flexibility index (Phi) is 4.61. The van der Waals surface area contributed by atoms with Gasteiger partial charge in [-0.2, -0.15) is 0 Å². The zero-order chi connectivity index (χ0) is 14.0. The SMILES string of the molecule is Cc1nc(C(C)(C)C)sc1C(C)NN1CCOCC1. The molecule has 19 heavy (non-hydrogen) atoms. The monoisotopic (exact) mass is 283 g/mol. The van der Waals surface area contributed by atoms with E-state index in [0.717, 1.165) is 32.0 Å². The van der Waals surface area contributed by atoms with Gasteiger partial charge in [-0.15, -0.1) is 11.3 Å². The maximum atomic E-state index is 5.37. The maximum Gasteiger partial charge on any atom is 0.0985 e. The highest BCUT2D eigenvalue weighted by Crippen LogP contribution is 2.32. The Hall–Kier alpha value is -0.490. The minimum atomic E-state index is 0.131. The topological polar surface area (TPSA) is 37.4 Å². The van der Waals surface area contributed by atoms with Gasteiger partial charge in [0.1, 0.15) is 0 Å². The molecule has 1 fully saturated rings. The van der Waals surface area contributed by atoms with Gasteiger partial charge in [-0.1, -0.05) is 20.8 Å². The second-order valence-electron chi connectivity index (χ2n) is 6.17. The van der Waals surface area contributed by atoms with Crippen molar-refractivity contribution in [1.29, 1.82) is 0 Å². The number of thiazole rings is 1. The summed E-state index contributed by atoms with van der Waals surface area (Å²) in [6, 6.07) is 0.312. The molecule has 2 heterocycles. The van der Waals surface area contributed by atoms with Gasteiger partial charge >= 0.3 is 0 Å². The van der Waals surface area contributed by atoms with E-state index in [4.69, 9.17) is 9.72 Å². The van der Waals surface area contributed by atoms with Crippen LogP contribution in [0.15, 0.2) is 0 Å². The molecule has 0 aromatic carbocycles. The van der Waals surface area contributed by atoms with Crippen molar-refractivity contribution < 1.29 is 4.74 Å². The van der Waals surface area contributed by atoms with E-state index in [1.165, 1.54) is 9.88 Å². The Morgan fingerprint density at radius 1 is 1.32 bits per heavy atom. The third-order valence-electron chi connectivity index (χ3n) is 3.25. The molecular weight excluding hydrogens is 258 g/mol. The lowest BCUT2D eigenvalue weighted by Crippen LogP contribution is -2.46. The van der Waals surface area contributed by atoms with Gasteiger partial charge in [0.25, 0.3) is 0 Å². The van der Waals surface area contributed by atoms with Crippen molar-refractivity contribution in [1.82, 2.24) is 15.4 Å². The van der Waals surface area contributed by atoms with Crippen molar-refractivity contribution in [2.24, 2.45) is 0 Å². The van der Waals surface area contributed by atoms with E-state index >= 15 is 0 Å². The van der Waals surface area contributed by atoms with E-state index in [9.17, 15) is 0 Å². The number of nitrogens with one attached hydrogen (secondary N) is 1. The van der Waals surface area contributed by atoms with Crippen molar-refractivity contribution >= 4 is 11.3 Å². The van der Waals surface area contributed by atoms with Crippen LogP contribution in [0.5, 0.6) is 0 Å². The van der Waals surface area contributed by atoms with Crippen LogP contribution in [0.1, 0.15) is 49.3 Å². The fourth-order valence-electron chi connectivity index (χ4n) is 2.16. The Morgan fingerprint density at radius 3 is 2.47 bits per heavy atom. The molecule has 4 nitrogen and oxygen atoms in total. The van der Waals surface area contributed by atoms with Crippen LogP contribution in [0.3, 0.4) is 0 Å². The summed E-state index contributed by atoms with van der Waals surface area (Å²) in [5.74, 6) is 0. The van der Waals surface area contributed by atoms with Gasteiger partial charge < -0.3 is 4.74 Å². The van der Waals surface area contributed by atoms with Gasteiger partial charge in [-0.05, 0) is 13.8 Å². The Labute approximate surface area is 120 Å². The standard InChI is InChI=1S/C14H25N3OS/c1-10-12(19-13(15-10)14(3,4)5)11(2)16-17-6-8-18-9-7-17/h11,16H,6-9H2,1-5H3. The second kappa shape index (κ2) is 5.87. The summed E-state index contributed by atoms with van der Waals surface area (Å²) in [6.45, 7) is 14.5. The van der Waals surface area contributed by atoms with Crippen molar-refractivity contribution in [3.63, 3.8) is 0 Å². The molecule has 0 saturated carbocycles. The van der Waals surface area contributed by atoms with Crippen LogP contribution in [0.4, 0.5) is 0 Å². The van der Waals surface area contributed by atoms with Gasteiger partial charge in [0.05, 0.1) is 30.0 Å². The molecule has 1 saturated heterocycles. The quantitative estimate of drug-likeness (QED) is 0.925. The number of hydrogen-bond acceptors (Lipinski definition) is 5. The summed E-state index contributed by atoms with van der Waals surface area (Å²) in [5, 5.41) is 3.47. The molecule has 0 spiro atoms. The van der Waals surface area contributed by atoms with E-state index in [1.54, 1.807) is 0 Å². The Balaban J connectivity index is 2.06. The molecule has 1 N–H and O–H groups in total. The van der Waals surface area contributed by atoms with Gasteiger partial charge in [0.15, 0.2) is 0 Å². The molecule has 0 radical (unpaired) electrons. The number of hydrogen-bond donors (Lipinski definition) is 1.